The number of aromatic nitrogens is 1. The van der Waals surface area contributed by atoms with E-state index in [2.05, 4.69) is 4.99 Å². The number of piperidine rings is 1. The predicted molar refractivity (Wildman–Crippen MR) is 121 cm³/mol. The number of hydrogen-bond acceptors (Lipinski definition) is 5. The van der Waals surface area contributed by atoms with E-state index in [1.165, 1.54) is 35.6 Å². The molecule has 3 aromatic rings. The number of rotatable bonds is 4. The van der Waals surface area contributed by atoms with Crippen molar-refractivity contribution in [3.05, 3.63) is 52.8 Å². The summed E-state index contributed by atoms with van der Waals surface area (Å²) in [5.74, 6) is 0.330. The summed E-state index contributed by atoms with van der Waals surface area (Å²) < 4.78 is 35.6. The molecule has 0 aliphatic carbocycles. The Morgan fingerprint density at radius 3 is 2.58 bits per heavy atom. The van der Waals surface area contributed by atoms with Gasteiger partial charge in [-0.1, -0.05) is 17.8 Å². The van der Waals surface area contributed by atoms with Crippen molar-refractivity contribution < 1.29 is 17.9 Å². The van der Waals surface area contributed by atoms with E-state index in [0.717, 1.165) is 35.2 Å². The molecule has 1 saturated heterocycles. The fourth-order valence-corrected chi connectivity index (χ4v) is 6.58. The second kappa shape index (κ2) is 8.57. The molecule has 9 heteroatoms. The monoisotopic (exact) mass is 459 g/mol. The first-order valence-electron chi connectivity index (χ1n) is 10.2. The van der Waals surface area contributed by atoms with Crippen molar-refractivity contribution in [1.82, 2.24) is 8.87 Å². The maximum absolute atomic E-state index is 13.0. The number of ether oxygens (including phenoxy) is 1. The SMILES string of the molecule is COc1ccc2c(c1)sc(=NC(=O)c1ccc(S(=O)(=O)N3CCCC[C@@H]3C)cc1)n2C. The average Bonchev–Trinajstić information content (AvgIpc) is 3.08. The van der Waals surface area contributed by atoms with Crippen LogP contribution in [0.5, 0.6) is 5.75 Å². The Kier molecular flexibility index (Phi) is 6.00. The molecule has 164 valence electrons. The molecular weight excluding hydrogens is 434 g/mol. The van der Waals surface area contributed by atoms with Crippen molar-refractivity contribution in [1.29, 1.82) is 0 Å². The second-order valence-corrected chi connectivity index (χ2v) is 10.6. The number of benzene rings is 2. The molecule has 31 heavy (non-hydrogen) atoms. The van der Waals surface area contributed by atoms with Crippen molar-refractivity contribution in [3.63, 3.8) is 0 Å². The van der Waals surface area contributed by atoms with Gasteiger partial charge in [0.05, 0.1) is 22.2 Å². The zero-order chi connectivity index (χ0) is 22.2. The molecule has 7 nitrogen and oxygen atoms in total. The van der Waals surface area contributed by atoms with Gasteiger partial charge in [0, 0.05) is 25.2 Å². The van der Waals surface area contributed by atoms with Crippen molar-refractivity contribution in [2.45, 2.75) is 37.1 Å². The van der Waals surface area contributed by atoms with Crippen LogP contribution >= 0.6 is 11.3 Å². The van der Waals surface area contributed by atoms with Gasteiger partial charge in [0.1, 0.15) is 5.75 Å². The largest absolute Gasteiger partial charge is 0.497 e. The minimum atomic E-state index is -3.57. The molecule has 1 amide bonds. The lowest BCUT2D eigenvalue weighted by Gasteiger charge is -2.32. The normalized spacial score (nSPS) is 18.4. The summed E-state index contributed by atoms with van der Waals surface area (Å²) in [5.41, 5.74) is 1.30. The smallest absolute Gasteiger partial charge is 0.279 e. The number of fused-ring (bicyclic) bond motifs is 1. The van der Waals surface area contributed by atoms with Gasteiger partial charge < -0.3 is 9.30 Å². The number of carbonyl (C=O) groups is 1. The molecule has 1 aromatic heterocycles. The number of methoxy groups -OCH3 is 1. The van der Waals surface area contributed by atoms with Gasteiger partial charge in [-0.25, -0.2) is 8.42 Å². The van der Waals surface area contributed by atoms with Gasteiger partial charge in [0.15, 0.2) is 4.80 Å². The number of hydrogen-bond donors (Lipinski definition) is 0. The van der Waals surface area contributed by atoms with Crippen LogP contribution in [0.1, 0.15) is 36.5 Å². The van der Waals surface area contributed by atoms with E-state index in [-0.39, 0.29) is 10.9 Å². The molecule has 2 heterocycles. The molecule has 1 aliphatic rings. The van der Waals surface area contributed by atoms with Crippen molar-refractivity contribution in [3.8, 4) is 5.75 Å². The van der Waals surface area contributed by atoms with E-state index in [4.69, 9.17) is 4.74 Å². The van der Waals surface area contributed by atoms with E-state index < -0.39 is 15.9 Å². The Bertz CT molecular complexity index is 1290. The van der Waals surface area contributed by atoms with E-state index in [1.807, 2.05) is 36.7 Å². The Balaban J connectivity index is 1.62. The highest BCUT2D eigenvalue weighted by atomic mass is 32.2. The maximum Gasteiger partial charge on any atom is 0.279 e. The number of nitrogens with zero attached hydrogens (tertiary/aromatic N) is 3. The minimum absolute atomic E-state index is 0.0124. The number of carbonyl (C=O) groups excluding carboxylic acids is 1. The summed E-state index contributed by atoms with van der Waals surface area (Å²) in [6.07, 6.45) is 2.79. The Morgan fingerprint density at radius 2 is 1.90 bits per heavy atom. The van der Waals surface area contributed by atoms with Gasteiger partial charge in [-0.3, -0.25) is 4.79 Å². The van der Waals surface area contributed by atoms with E-state index in [0.29, 0.717) is 16.9 Å². The molecular formula is C22H25N3O4S2. The van der Waals surface area contributed by atoms with Crippen LogP contribution in [-0.2, 0) is 17.1 Å². The predicted octanol–water partition coefficient (Wildman–Crippen LogP) is 3.55. The number of thiazole rings is 1. The number of amides is 1. The van der Waals surface area contributed by atoms with Crippen LogP contribution in [0.3, 0.4) is 0 Å². The zero-order valence-electron chi connectivity index (χ0n) is 17.7. The third-order valence-corrected chi connectivity index (χ3v) is 8.79. The molecule has 1 fully saturated rings. The van der Waals surface area contributed by atoms with Crippen LogP contribution in [0.4, 0.5) is 0 Å². The topological polar surface area (TPSA) is 81.0 Å². The van der Waals surface area contributed by atoms with Gasteiger partial charge in [-0.05, 0) is 62.2 Å². The van der Waals surface area contributed by atoms with Crippen molar-refractivity contribution >= 4 is 37.5 Å². The molecule has 0 radical (unpaired) electrons. The minimum Gasteiger partial charge on any atom is -0.497 e. The third-order valence-electron chi connectivity index (χ3n) is 5.66. The highest BCUT2D eigenvalue weighted by Gasteiger charge is 2.30. The van der Waals surface area contributed by atoms with Gasteiger partial charge in [0.25, 0.3) is 5.91 Å². The lowest BCUT2D eigenvalue weighted by Crippen LogP contribution is -2.41. The van der Waals surface area contributed by atoms with Gasteiger partial charge in [0.2, 0.25) is 10.0 Å². The summed E-state index contributed by atoms with van der Waals surface area (Å²) in [6.45, 7) is 2.47. The lowest BCUT2D eigenvalue weighted by molar-refractivity contribution is 0.0998. The van der Waals surface area contributed by atoms with Crippen LogP contribution in [0.15, 0.2) is 52.4 Å². The summed E-state index contributed by atoms with van der Waals surface area (Å²) in [4.78, 5) is 17.7. The van der Waals surface area contributed by atoms with Crippen LogP contribution in [0.2, 0.25) is 0 Å². The number of aryl methyl sites for hydroxylation is 1. The first-order valence-corrected chi connectivity index (χ1v) is 12.4. The highest BCUT2D eigenvalue weighted by Crippen LogP contribution is 2.26. The third kappa shape index (κ3) is 4.17. The van der Waals surface area contributed by atoms with Crippen LogP contribution in [0.25, 0.3) is 10.2 Å². The molecule has 2 aromatic carbocycles. The summed E-state index contributed by atoms with van der Waals surface area (Å²) in [6, 6.07) is 11.7. The molecule has 1 atom stereocenters. The van der Waals surface area contributed by atoms with Gasteiger partial charge >= 0.3 is 0 Å². The van der Waals surface area contributed by atoms with E-state index >= 15 is 0 Å². The van der Waals surface area contributed by atoms with E-state index in [1.54, 1.807) is 11.4 Å². The highest BCUT2D eigenvalue weighted by molar-refractivity contribution is 7.89. The summed E-state index contributed by atoms with van der Waals surface area (Å²) >= 11 is 1.40. The lowest BCUT2D eigenvalue weighted by atomic mass is 10.1. The van der Waals surface area contributed by atoms with Gasteiger partial charge in [-0.2, -0.15) is 9.30 Å². The standard InChI is InChI=1S/C22H25N3O4S2/c1-15-6-4-5-13-25(15)31(27,28)18-10-7-16(8-11-18)21(26)23-22-24(2)19-12-9-17(29-3)14-20(19)30-22/h7-12,14-15H,4-6,13H2,1-3H3/t15-/m0/s1. The zero-order valence-corrected chi connectivity index (χ0v) is 19.4. The van der Waals surface area contributed by atoms with Crippen LogP contribution in [0, 0.1) is 0 Å². The maximum atomic E-state index is 13.0. The summed E-state index contributed by atoms with van der Waals surface area (Å²) in [7, 11) is -0.101. The van der Waals surface area contributed by atoms with Crippen LogP contribution < -0.4 is 9.54 Å². The molecule has 1 aliphatic heterocycles. The quantitative estimate of drug-likeness (QED) is 0.598. The van der Waals surface area contributed by atoms with Gasteiger partial charge in [-0.15, -0.1) is 0 Å². The number of sulfonamides is 1. The Labute approximate surface area is 185 Å². The van der Waals surface area contributed by atoms with Crippen molar-refractivity contribution in [2.24, 2.45) is 12.0 Å². The fraction of sp³-hybridized carbons (Fsp3) is 0.364. The molecule has 0 saturated carbocycles. The Morgan fingerprint density at radius 1 is 1.16 bits per heavy atom. The Hall–Kier alpha value is -2.49. The molecule has 0 unspecified atom stereocenters. The molecule has 0 spiro atoms. The van der Waals surface area contributed by atoms with Crippen molar-refractivity contribution in [2.75, 3.05) is 13.7 Å². The molecule has 0 N–H and O–H groups in total. The molecule has 4 rings (SSSR count). The first kappa shape index (κ1) is 21.7. The van der Waals surface area contributed by atoms with E-state index in [9.17, 15) is 13.2 Å². The second-order valence-electron chi connectivity index (χ2n) is 7.68. The van der Waals surface area contributed by atoms with Crippen LogP contribution in [-0.4, -0.2) is 42.9 Å². The average molecular weight is 460 g/mol. The summed E-state index contributed by atoms with van der Waals surface area (Å²) in [5, 5.41) is 0. The first-order chi connectivity index (χ1) is 14.8. The molecule has 0 bridgehead atoms. The fourth-order valence-electron chi connectivity index (χ4n) is 3.83.